The molecule has 0 spiro atoms. The zero-order valence-electron chi connectivity index (χ0n) is 16.0. The zero-order valence-corrected chi connectivity index (χ0v) is 16.0. The van der Waals surface area contributed by atoms with Crippen LogP contribution in [0.15, 0.2) is 24.3 Å². The Kier molecular flexibility index (Phi) is 5.17. The van der Waals surface area contributed by atoms with Gasteiger partial charge in [-0.25, -0.2) is 8.78 Å². The number of nitriles is 1. The Morgan fingerprint density at radius 3 is 2.52 bits per heavy atom. The summed E-state index contributed by atoms with van der Waals surface area (Å²) in [6.45, 7) is 2.28. The fourth-order valence-corrected chi connectivity index (χ4v) is 5.64. The molecule has 0 amide bonds. The molecule has 3 heteroatoms. The van der Waals surface area contributed by atoms with Crippen molar-refractivity contribution in [1.29, 1.82) is 5.26 Å². The average Bonchev–Trinajstić information content (AvgIpc) is 2.67. The van der Waals surface area contributed by atoms with Gasteiger partial charge in [-0.2, -0.15) is 5.26 Å². The van der Waals surface area contributed by atoms with Gasteiger partial charge in [0.2, 0.25) is 0 Å². The van der Waals surface area contributed by atoms with Crippen molar-refractivity contribution in [3.63, 3.8) is 0 Å². The summed E-state index contributed by atoms with van der Waals surface area (Å²) in [4.78, 5) is 0. The first kappa shape index (κ1) is 18.4. The molecule has 2 saturated carbocycles. The fourth-order valence-electron chi connectivity index (χ4n) is 5.64. The van der Waals surface area contributed by atoms with Gasteiger partial charge in [0.15, 0.2) is 0 Å². The highest BCUT2D eigenvalue weighted by molar-refractivity contribution is 5.85. The first-order chi connectivity index (χ1) is 13.1. The molecule has 142 valence electrons. The van der Waals surface area contributed by atoms with E-state index in [0.29, 0.717) is 16.7 Å². The van der Waals surface area contributed by atoms with E-state index in [2.05, 4.69) is 6.92 Å². The first-order valence-electron chi connectivity index (χ1n) is 10.4. The molecule has 4 rings (SSSR count). The van der Waals surface area contributed by atoms with Crippen molar-refractivity contribution in [3.05, 3.63) is 47.0 Å². The molecule has 2 fully saturated rings. The number of fused-ring (bicyclic) bond motifs is 2. The van der Waals surface area contributed by atoms with Gasteiger partial charge in [0, 0.05) is 5.39 Å². The van der Waals surface area contributed by atoms with Gasteiger partial charge in [0.25, 0.3) is 0 Å². The molecule has 27 heavy (non-hydrogen) atoms. The van der Waals surface area contributed by atoms with Crippen molar-refractivity contribution >= 4 is 10.8 Å². The quantitative estimate of drug-likeness (QED) is 0.568. The Balaban J connectivity index is 1.56. The number of halogens is 2. The molecule has 0 radical (unpaired) electrons. The van der Waals surface area contributed by atoms with Gasteiger partial charge in [-0.1, -0.05) is 32.3 Å². The second-order valence-corrected chi connectivity index (χ2v) is 8.67. The molecule has 1 nitrogen and oxygen atoms in total. The monoisotopic (exact) mass is 367 g/mol. The lowest BCUT2D eigenvalue weighted by Crippen LogP contribution is -2.30. The molecule has 0 N–H and O–H groups in total. The van der Waals surface area contributed by atoms with Crippen LogP contribution >= 0.6 is 0 Å². The molecule has 0 aromatic heterocycles. The number of nitrogens with zero attached hydrogens (tertiary/aromatic N) is 1. The van der Waals surface area contributed by atoms with E-state index < -0.39 is 5.82 Å². The summed E-state index contributed by atoms with van der Waals surface area (Å²) in [6, 6.07) is 7.99. The molecule has 0 saturated heterocycles. The highest BCUT2D eigenvalue weighted by Crippen LogP contribution is 2.48. The van der Waals surface area contributed by atoms with Crippen molar-refractivity contribution in [1.82, 2.24) is 0 Å². The van der Waals surface area contributed by atoms with Crippen LogP contribution in [-0.4, -0.2) is 0 Å². The Hall–Kier alpha value is -1.95. The van der Waals surface area contributed by atoms with E-state index in [1.165, 1.54) is 50.7 Å². The third-order valence-electron chi connectivity index (χ3n) is 7.02. The van der Waals surface area contributed by atoms with E-state index in [1.807, 2.05) is 6.07 Å². The summed E-state index contributed by atoms with van der Waals surface area (Å²) in [6.07, 6.45) is 10.1. The van der Waals surface area contributed by atoms with E-state index in [9.17, 15) is 8.78 Å². The summed E-state index contributed by atoms with van der Waals surface area (Å²) in [5, 5.41) is 9.88. The number of hydrogen-bond donors (Lipinski definition) is 0. The second-order valence-electron chi connectivity index (χ2n) is 8.67. The van der Waals surface area contributed by atoms with Crippen LogP contribution in [0.5, 0.6) is 0 Å². The molecule has 2 aliphatic rings. The van der Waals surface area contributed by atoms with Gasteiger partial charge in [0.1, 0.15) is 17.7 Å². The van der Waals surface area contributed by atoms with E-state index in [0.717, 1.165) is 36.2 Å². The Bertz CT molecular complexity index is 882. The minimum absolute atomic E-state index is 0.0986. The van der Waals surface area contributed by atoms with Gasteiger partial charge in [-0.05, 0) is 84.9 Å². The maximum Gasteiger partial charge on any atom is 0.141 e. The largest absolute Gasteiger partial charge is 0.206 e. The Morgan fingerprint density at radius 1 is 0.963 bits per heavy atom. The van der Waals surface area contributed by atoms with E-state index in [1.54, 1.807) is 12.1 Å². The molecule has 2 aromatic rings. The van der Waals surface area contributed by atoms with Gasteiger partial charge in [-0.15, -0.1) is 0 Å². The lowest BCUT2D eigenvalue weighted by molar-refractivity contribution is 0.114. The predicted molar refractivity (Wildman–Crippen MR) is 104 cm³/mol. The maximum absolute atomic E-state index is 14.7. The molecule has 0 aliphatic heterocycles. The van der Waals surface area contributed by atoms with Crippen molar-refractivity contribution in [2.45, 2.75) is 64.2 Å². The number of rotatable bonds is 3. The molecule has 2 unspecified atom stereocenters. The van der Waals surface area contributed by atoms with E-state index in [4.69, 9.17) is 5.26 Å². The van der Waals surface area contributed by atoms with E-state index >= 15 is 0 Å². The number of benzene rings is 2. The molecule has 2 aliphatic carbocycles. The fraction of sp³-hybridized carbons (Fsp3) is 0.542. The summed E-state index contributed by atoms with van der Waals surface area (Å²) in [5.74, 6) is 1.96. The lowest BCUT2D eigenvalue weighted by Gasteiger charge is -2.42. The highest BCUT2D eigenvalue weighted by Gasteiger charge is 2.35. The van der Waals surface area contributed by atoms with Crippen molar-refractivity contribution < 1.29 is 8.78 Å². The standard InChI is InChI=1S/C24H27F2N/c1-2-3-15-4-5-17-9-18(7-6-16(17)8-15)19-10-20-13-23(25)21(14-27)11-22(20)24(26)12-19/h10-13,15-18H,2-9H2,1H3/t15-,16?,17-,18?/m1/s1. The molecular formula is C24H27F2N. The Morgan fingerprint density at radius 2 is 1.74 bits per heavy atom. The van der Waals surface area contributed by atoms with Crippen LogP contribution in [0.3, 0.4) is 0 Å². The highest BCUT2D eigenvalue weighted by atomic mass is 19.1. The van der Waals surface area contributed by atoms with Gasteiger partial charge in [0.05, 0.1) is 5.56 Å². The van der Waals surface area contributed by atoms with Crippen molar-refractivity contribution in [2.24, 2.45) is 17.8 Å². The molecule has 4 atom stereocenters. The minimum Gasteiger partial charge on any atom is -0.206 e. The third kappa shape index (κ3) is 3.59. The lowest BCUT2D eigenvalue weighted by atomic mass is 9.63. The van der Waals surface area contributed by atoms with E-state index in [-0.39, 0.29) is 11.4 Å². The molecule has 2 aromatic carbocycles. The average molecular weight is 367 g/mol. The summed E-state index contributed by atoms with van der Waals surface area (Å²) >= 11 is 0. The molecular weight excluding hydrogens is 340 g/mol. The van der Waals surface area contributed by atoms with Crippen LogP contribution in [0, 0.1) is 40.7 Å². The zero-order chi connectivity index (χ0) is 19.0. The van der Waals surface area contributed by atoms with Gasteiger partial charge >= 0.3 is 0 Å². The summed E-state index contributed by atoms with van der Waals surface area (Å²) < 4.78 is 28.7. The summed E-state index contributed by atoms with van der Waals surface area (Å²) in [5.41, 5.74) is 0.900. The van der Waals surface area contributed by atoms with Crippen LogP contribution in [0.4, 0.5) is 8.78 Å². The third-order valence-corrected chi connectivity index (χ3v) is 7.02. The van der Waals surface area contributed by atoms with Crippen LogP contribution < -0.4 is 0 Å². The maximum atomic E-state index is 14.7. The SMILES string of the molecule is CCC[C@@H]1CC[C@@H]2CC(c3cc(F)c4cc(C#N)c(F)cc4c3)CCC2C1. The topological polar surface area (TPSA) is 23.8 Å². The van der Waals surface area contributed by atoms with Crippen LogP contribution in [0.2, 0.25) is 0 Å². The van der Waals surface area contributed by atoms with Crippen LogP contribution in [0.25, 0.3) is 10.8 Å². The number of hydrogen-bond acceptors (Lipinski definition) is 1. The van der Waals surface area contributed by atoms with Gasteiger partial charge in [-0.3, -0.25) is 0 Å². The molecule has 0 heterocycles. The van der Waals surface area contributed by atoms with Crippen LogP contribution in [0.1, 0.15) is 75.3 Å². The Labute approximate surface area is 160 Å². The van der Waals surface area contributed by atoms with Crippen molar-refractivity contribution in [2.75, 3.05) is 0 Å². The van der Waals surface area contributed by atoms with Crippen molar-refractivity contribution in [3.8, 4) is 6.07 Å². The summed E-state index contributed by atoms with van der Waals surface area (Å²) in [7, 11) is 0. The first-order valence-corrected chi connectivity index (χ1v) is 10.4. The van der Waals surface area contributed by atoms with Gasteiger partial charge < -0.3 is 0 Å². The smallest absolute Gasteiger partial charge is 0.141 e. The second kappa shape index (κ2) is 7.58. The molecule has 0 bridgehead atoms. The minimum atomic E-state index is -0.570. The van der Waals surface area contributed by atoms with Crippen LogP contribution in [-0.2, 0) is 0 Å². The predicted octanol–water partition coefficient (Wildman–Crippen LogP) is 7.09. The normalized spacial score (nSPS) is 27.9.